The minimum absolute atomic E-state index is 0.0237. The summed E-state index contributed by atoms with van der Waals surface area (Å²) in [6, 6.07) is 11.5. The fourth-order valence-corrected chi connectivity index (χ4v) is 4.29. The van der Waals surface area contributed by atoms with Crippen LogP contribution in [-0.4, -0.2) is 62.0 Å². The molecule has 0 aromatic heterocycles. The first-order chi connectivity index (χ1) is 15.1. The van der Waals surface area contributed by atoms with Gasteiger partial charge in [-0.25, -0.2) is 4.79 Å². The Morgan fingerprint density at radius 2 is 1.90 bits per heavy atom. The average molecular weight is 511 g/mol. The molecule has 0 atom stereocenters. The summed E-state index contributed by atoms with van der Waals surface area (Å²) in [6.07, 6.45) is 0.711. The number of carbonyl (C=O) groups is 1. The Morgan fingerprint density at radius 3 is 2.71 bits per heavy atom. The minimum atomic E-state index is -0.0237. The van der Waals surface area contributed by atoms with Crippen molar-refractivity contribution in [1.29, 1.82) is 0 Å². The minimum Gasteiger partial charge on any atom is -0.492 e. The SMILES string of the molecule is O=C(NCCCOc1ccc(Br)cc1Cl)N1CCN(Cc2ccc3c(c2)OCO3)CC1. The van der Waals surface area contributed by atoms with Crippen LogP contribution >= 0.6 is 27.5 Å². The van der Waals surface area contributed by atoms with Crippen molar-refractivity contribution in [3.63, 3.8) is 0 Å². The van der Waals surface area contributed by atoms with E-state index in [1.54, 1.807) is 6.07 Å². The van der Waals surface area contributed by atoms with Gasteiger partial charge < -0.3 is 24.4 Å². The van der Waals surface area contributed by atoms with Crippen molar-refractivity contribution in [2.45, 2.75) is 13.0 Å². The number of rotatable bonds is 7. The van der Waals surface area contributed by atoms with Gasteiger partial charge in [-0.3, -0.25) is 4.90 Å². The standard InChI is InChI=1S/C22H25BrClN3O4/c23-17-3-5-19(18(24)13-17)29-11-1-6-25-22(28)27-9-7-26(8-10-27)14-16-2-4-20-21(12-16)31-15-30-20/h2-5,12-13H,1,6-11,14-15H2,(H,25,28). The molecule has 1 fully saturated rings. The van der Waals surface area contributed by atoms with Gasteiger partial charge in [0.15, 0.2) is 11.5 Å². The first-order valence-corrected chi connectivity index (χ1v) is 11.5. The molecule has 4 rings (SSSR count). The number of piperazine rings is 1. The van der Waals surface area contributed by atoms with E-state index in [2.05, 4.69) is 32.2 Å². The van der Waals surface area contributed by atoms with Gasteiger partial charge in [0, 0.05) is 43.7 Å². The Labute approximate surface area is 195 Å². The number of carbonyl (C=O) groups excluding carboxylic acids is 1. The Morgan fingerprint density at radius 1 is 1.10 bits per heavy atom. The summed E-state index contributed by atoms with van der Waals surface area (Å²) in [5, 5.41) is 3.54. The van der Waals surface area contributed by atoms with Crippen molar-refractivity contribution in [2.24, 2.45) is 0 Å². The molecule has 7 nitrogen and oxygen atoms in total. The Balaban J connectivity index is 1.12. The molecule has 0 radical (unpaired) electrons. The molecule has 2 amide bonds. The van der Waals surface area contributed by atoms with Crippen LogP contribution in [0.4, 0.5) is 4.79 Å². The second-order valence-corrected chi connectivity index (χ2v) is 8.78. The van der Waals surface area contributed by atoms with Crippen molar-refractivity contribution < 1.29 is 19.0 Å². The van der Waals surface area contributed by atoms with Crippen LogP contribution in [0, 0.1) is 0 Å². The highest BCUT2D eigenvalue weighted by Crippen LogP contribution is 2.33. The van der Waals surface area contributed by atoms with Crippen molar-refractivity contribution in [2.75, 3.05) is 46.1 Å². The average Bonchev–Trinajstić information content (AvgIpc) is 3.23. The third-order valence-corrected chi connectivity index (χ3v) is 6.04. The summed E-state index contributed by atoms with van der Waals surface area (Å²) in [6.45, 7) is 5.27. The first kappa shape index (κ1) is 22.0. The normalized spacial score (nSPS) is 15.7. The maximum atomic E-state index is 12.4. The lowest BCUT2D eigenvalue weighted by Crippen LogP contribution is -2.51. The second kappa shape index (κ2) is 10.4. The van der Waals surface area contributed by atoms with Gasteiger partial charge in [-0.1, -0.05) is 33.6 Å². The number of hydrogen-bond acceptors (Lipinski definition) is 5. The van der Waals surface area contributed by atoms with E-state index in [1.807, 2.05) is 29.2 Å². The van der Waals surface area contributed by atoms with Gasteiger partial charge in [0.2, 0.25) is 6.79 Å². The highest BCUT2D eigenvalue weighted by molar-refractivity contribution is 9.10. The van der Waals surface area contributed by atoms with E-state index in [-0.39, 0.29) is 12.8 Å². The van der Waals surface area contributed by atoms with E-state index in [0.717, 1.165) is 35.6 Å². The summed E-state index contributed by atoms with van der Waals surface area (Å²) in [5.74, 6) is 2.26. The van der Waals surface area contributed by atoms with Crippen LogP contribution in [0.1, 0.15) is 12.0 Å². The number of benzene rings is 2. The number of halogens is 2. The summed E-state index contributed by atoms with van der Waals surface area (Å²) in [5.41, 5.74) is 1.19. The second-order valence-electron chi connectivity index (χ2n) is 7.46. The van der Waals surface area contributed by atoms with Crippen LogP contribution < -0.4 is 19.5 Å². The molecule has 31 heavy (non-hydrogen) atoms. The lowest BCUT2D eigenvalue weighted by atomic mass is 10.1. The topological polar surface area (TPSA) is 63.3 Å². The zero-order valence-corrected chi connectivity index (χ0v) is 19.5. The molecule has 0 bridgehead atoms. The van der Waals surface area contributed by atoms with Gasteiger partial charge in [-0.2, -0.15) is 0 Å². The molecule has 2 heterocycles. The monoisotopic (exact) mass is 509 g/mol. The molecule has 1 saturated heterocycles. The Kier molecular flexibility index (Phi) is 7.42. The quantitative estimate of drug-likeness (QED) is 0.568. The Hall–Kier alpha value is -2.16. The number of amides is 2. The molecule has 2 aromatic carbocycles. The highest BCUT2D eigenvalue weighted by atomic mass is 79.9. The van der Waals surface area contributed by atoms with Crippen molar-refractivity contribution >= 4 is 33.6 Å². The Bertz CT molecular complexity index is 922. The van der Waals surface area contributed by atoms with Crippen LogP contribution in [-0.2, 0) is 6.54 Å². The molecule has 0 spiro atoms. The van der Waals surface area contributed by atoms with Crippen LogP contribution in [0.2, 0.25) is 5.02 Å². The number of ether oxygens (including phenoxy) is 3. The van der Waals surface area contributed by atoms with Crippen LogP contribution in [0.15, 0.2) is 40.9 Å². The maximum absolute atomic E-state index is 12.4. The van der Waals surface area contributed by atoms with E-state index < -0.39 is 0 Å². The van der Waals surface area contributed by atoms with E-state index in [0.29, 0.717) is 43.4 Å². The van der Waals surface area contributed by atoms with Crippen molar-refractivity contribution in [1.82, 2.24) is 15.1 Å². The van der Waals surface area contributed by atoms with Crippen LogP contribution in [0.5, 0.6) is 17.2 Å². The smallest absolute Gasteiger partial charge is 0.317 e. The molecular weight excluding hydrogens is 486 g/mol. The molecule has 0 aliphatic carbocycles. The highest BCUT2D eigenvalue weighted by Gasteiger charge is 2.21. The predicted octanol–water partition coefficient (Wildman–Crippen LogP) is 4.13. The summed E-state index contributed by atoms with van der Waals surface area (Å²) in [4.78, 5) is 16.6. The summed E-state index contributed by atoms with van der Waals surface area (Å²) < 4.78 is 17.4. The van der Waals surface area contributed by atoms with Gasteiger partial charge >= 0.3 is 6.03 Å². The first-order valence-electron chi connectivity index (χ1n) is 10.3. The molecular formula is C22H25BrClN3O4. The lowest BCUT2D eigenvalue weighted by molar-refractivity contribution is 0.135. The molecule has 2 aromatic rings. The van der Waals surface area contributed by atoms with Gasteiger partial charge in [-0.05, 0) is 42.3 Å². The third kappa shape index (κ3) is 5.96. The van der Waals surface area contributed by atoms with Crippen LogP contribution in [0.3, 0.4) is 0 Å². The number of nitrogens with one attached hydrogen (secondary N) is 1. The number of fused-ring (bicyclic) bond motifs is 1. The van der Waals surface area contributed by atoms with Crippen molar-refractivity contribution in [3.8, 4) is 17.2 Å². The zero-order chi connectivity index (χ0) is 21.6. The fourth-order valence-electron chi connectivity index (χ4n) is 3.56. The number of nitrogens with zero attached hydrogens (tertiary/aromatic N) is 2. The summed E-state index contributed by atoms with van der Waals surface area (Å²) >= 11 is 9.50. The molecule has 166 valence electrons. The van der Waals surface area contributed by atoms with Gasteiger partial charge in [-0.15, -0.1) is 0 Å². The molecule has 0 saturated carbocycles. The molecule has 2 aliphatic rings. The van der Waals surface area contributed by atoms with Gasteiger partial charge in [0.05, 0.1) is 11.6 Å². The predicted molar refractivity (Wildman–Crippen MR) is 122 cm³/mol. The van der Waals surface area contributed by atoms with E-state index >= 15 is 0 Å². The molecule has 9 heteroatoms. The van der Waals surface area contributed by atoms with Gasteiger partial charge in [0.25, 0.3) is 0 Å². The number of urea groups is 1. The zero-order valence-electron chi connectivity index (χ0n) is 17.1. The van der Waals surface area contributed by atoms with E-state index in [1.165, 1.54) is 5.56 Å². The van der Waals surface area contributed by atoms with Crippen molar-refractivity contribution in [3.05, 3.63) is 51.5 Å². The third-order valence-electron chi connectivity index (χ3n) is 5.25. The molecule has 0 unspecified atom stereocenters. The maximum Gasteiger partial charge on any atom is 0.317 e. The summed E-state index contributed by atoms with van der Waals surface area (Å²) in [7, 11) is 0. The molecule has 1 N–H and O–H groups in total. The molecule has 2 aliphatic heterocycles. The van der Waals surface area contributed by atoms with E-state index in [9.17, 15) is 4.79 Å². The largest absolute Gasteiger partial charge is 0.492 e. The van der Waals surface area contributed by atoms with Gasteiger partial charge in [0.1, 0.15) is 5.75 Å². The fraction of sp³-hybridized carbons (Fsp3) is 0.409. The number of hydrogen-bond donors (Lipinski definition) is 1. The van der Waals surface area contributed by atoms with E-state index in [4.69, 9.17) is 25.8 Å². The lowest BCUT2D eigenvalue weighted by Gasteiger charge is -2.34. The van der Waals surface area contributed by atoms with Crippen LogP contribution in [0.25, 0.3) is 0 Å².